The van der Waals surface area contributed by atoms with Gasteiger partial charge in [0.05, 0.1) is 7.11 Å². The molecular weight excluding hydrogens is 440 g/mol. The lowest BCUT2D eigenvalue weighted by atomic mass is 10.1. The second kappa shape index (κ2) is 12.0. The summed E-state index contributed by atoms with van der Waals surface area (Å²) in [6.45, 7) is 6.13. The van der Waals surface area contributed by atoms with E-state index in [1.165, 1.54) is 9.71 Å². The van der Waals surface area contributed by atoms with Crippen molar-refractivity contribution < 1.29 is 23.0 Å². The van der Waals surface area contributed by atoms with Gasteiger partial charge in [-0.15, -0.1) is 6.58 Å². The van der Waals surface area contributed by atoms with Gasteiger partial charge in [-0.2, -0.15) is 4.31 Å². The minimum atomic E-state index is -3.48. The monoisotopic (exact) mass is 472 g/mol. The molecule has 0 saturated carbocycles. The fourth-order valence-corrected chi connectivity index (χ4v) is 4.82. The average Bonchev–Trinajstić information content (AvgIpc) is 2.83. The van der Waals surface area contributed by atoms with Crippen LogP contribution in [0.15, 0.2) is 66.6 Å². The third kappa shape index (κ3) is 7.43. The standard InChI is InChI=1S/C25H32N2O5S/c1-3-7-22-10-11-24(25(18-22)31-2)32-20-23(28)19-26-13-15-27(16-14-26)33(29,30)17-12-21-8-5-4-6-9-21/h3-6,8-12,17-18,23,28H,1,7,13-16,19-20H2,2H3. The zero-order valence-electron chi connectivity index (χ0n) is 19.0. The van der Waals surface area contributed by atoms with Crippen LogP contribution in [0.5, 0.6) is 11.5 Å². The van der Waals surface area contributed by atoms with Gasteiger partial charge in [-0.05, 0) is 35.8 Å². The summed E-state index contributed by atoms with van der Waals surface area (Å²) in [5.74, 6) is 1.19. The van der Waals surface area contributed by atoms with Crippen LogP contribution in [-0.4, -0.2) is 75.3 Å². The Balaban J connectivity index is 1.46. The second-order valence-electron chi connectivity index (χ2n) is 7.90. The van der Waals surface area contributed by atoms with Crippen molar-refractivity contribution in [1.29, 1.82) is 0 Å². The molecule has 1 heterocycles. The Morgan fingerprint density at radius 3 is 2.48 bits per heavy atom. The smallest absolute Gasteiger partial charge is 0.236 e. The van der Waals surface area contributed by atoms with Gasteiger partial charge < -0.3 is 14.6 Å². The molecule has 1 aliphatic heterocycles. The second-order valence-corrected chi connectivity index (χ2v) is 9.72. The number of allylic oxidation sites excluding steroid dienone is 1. The SMILES string of the molecule is C=CCc1ccc(OCC(O)CN2CCN(S(=O)(=O)C=Cc3ccccc3)CC2)c(OC)c1. The highest BCUT2D eigenvalue weighted by Gasteiger charge is 2.26. The summed E-state index contributed by atoms with van der Waals surface area (Å²) in [6, 6.07) is 15.0. The molecule has 1 saturated heterocycles. The van der Waals surface area contributed by atoms with E-state index < -0.39 is 16.1 Å². The first-order chi connectivity index (χ1) is 15.9. The van der Waals surface area contributed by atoms with Gasteiger partial charge >= 0.3 is 0 Å². The summed E-state index contributed by atoms with van der Waals surface area (Å²) in [4.78, 5) is 2.05. The molecule has 8 heteroatoms. The van der Waals surface area contributed by atoms with Crippen LogP contribution in [0.3, 0.4) is 0 Å². The number of nitrogens with zero attached hydrogens (tertiary/aromatic N) is 2. The number of piperazine rings is 1. The first kappa shape index (κ1) is 25.0. The van der Waals surface area contributed by atoms with E-state index in [2.05, 4.69) is 6.58 Å². The summed E-state index contributed by atoms with van der Waals surface area (Å²) in [5, 5.41) is 11.7. The minimum Gasteiger partial charge on any atom is -0.493 e. The number of β-amino-alcohol motifs (C(OH)–C–C–N with tert-alkyl or cyclic N) is 1. The van der Waals surface area contributed by atoms with Crippen LogP contribution in [0.2, 0.25) is 0 Å². The predicted molar refractivity (Wildman–Crippen MR) is 131 cm³/mol. The fraction of sp³-hybridized carbons (Fsp3) is 0.360. The number of benzene rings is 2. The molecule has 0 radical (unpaired) electrons. The van der Waals surface area contributed by atoms with E-state index in [-0.39, 0.29) is 6.61 Å². The van der Waals surface area contributed by atoms with Crippen LogP contribution in [0.1, 0.15) is 11.1 Å². The Kier molecular flexibility index (Phi) is 9.08. The van der Waals surface area contributed by atoms with E-state index in [1.54, 1.807) is 13.2 Å². The minimum absolute atomic E-state index is 0.121. The Bertz CT molecular complexity index is 1030. The quantitative estimate of drug-likeness (QED) is 0.507. The molecule has 0 amide bonds. The Morgan fingerprint density at radius 1 is 1.09 bits per heavy atom. The molecule has 2 aromatic carbocycles. The lowest BCUT2D eigenvalue weighted by molar-refractivity contribution is 0.0562. The summed E-state index contributed by atoms with van der Waals surface area (Å²) in [6.07, 6.45) is 3.47. The van der Waals surface area contributed by atoms with Crippen molar-refractivity contribution in [2.24, 2.45) is 0 Å². The van der Waals surface area contributed by atoms with Crippen LogP contribution < -0.4 is 9.47 Å². The molecule has 1 N–H and O–H groups in total. The summed E-state index contributed by atoms with van der Waals surface area (Å²) in [7, 11) is -1.89. The number of hydrogen-bond donors (Lipinski definition) is 1. The largest absolute Gasteiger partial charge is 0.493 e. The molecular formula is C25H32N2O5S. The van der Waals surface area contributed by atoms with Crippen LogP contribution in [0.25, 0.3) is 6.08 Å². The zero-order valence-corrected chi connectivity index (χ0v) is 19.8. The molecule has 1 atom stereocenters. The van der Waals surface area contributed by atoms with Gasteiger partial charge in [-0.25, -0.2) is 8.42 Å². The van der Waals surface area contributed by atoms with Crippen LogP contribution >= 0.6 is 0 Å². The summed E-state index contributed by atoms with van der Waals surface area (Å²) >= 11 is 0. The molecule has 178 valence electrons. The van der Waals surface area contributed by atoms with Crippen molar-refractivity contribution in [3.63, 3.8) is 0 Å². The maximum absolute atomic E-state index is 12.6. The fourth-order valence-electron chi connectivity index (χ4n) is 3.64. The number of aliphatic hydroxyl groups excluding tert-OH is 1. The Hall–Kier alpha value is -2.65. The van der Waals surface area contributed by atoms with Crippen LogP contribution in [0, 0.1) is 0 Å². The van der Waals surface area contributed by atoms with Gasteiger partial charge in [0.1, 0.15) is 12.7 Å². The molecule has 1 aliphatic rings. The van der Waals surface area contributed by atoms with Crippen LogP contribution in [0.4, 0.5) is 0 Å². The average molecular weight is 473 g/mol. The first-order valence-electron chi connectivity index (χ1n) is 11.0. The summed E-state index contributed by atoms with van der Waals surface area (Å²) in [5.41, 5.74) is 1.91. The van der Waals surface area contributed by atoms with Crippen molar-refractivity contribution in [3.8, 4) is 11.5 Å². The molecule has 0 aliphatic carbocycles. The highest BCUT2D eigenvalue weighted by molar-refractivity contribution is 7.92. The van der Waals surface area contributed by atoms with Gasteiger partial charge in [-0.3, -0.25) is 4.90 Å². The zero-order chi connectivity index (χ0) is 23.7. The van der Waals surface area contributed by atoms with Crippen molar-refractivity contribution in [3.05, 3.63) is 77.7 Å². The van der Waals surface area contributed by atoms with E-state index in [0.29, 0.717) is 44.2 Å². The lowest BCUT2D eigenvalue weighted by Gasteiger charge is -2.34. The summed E-state index contributed by atoms with van der Waals surface area (Å²) < 4.78 is 37.8. The molecule has 1 fully saturated rings. The number of ether oxygens (including phenoxy) is 2. The maximum Gasteiger partial charge on any atom is 0.236 e. The van der Waals surface area contributed by atoms with Crippen molar-refractivity contribution in [2.75, 3.05) is 46.4 Å². The van der Waals surface area contributed by atoms with Gasteiger partial charge in [0.15, 0.2) is 11.5 Å². The highest BCUT2D eigenvalue weighted by Crippen LogP contribution is 2.28. The van der Waals surface area contributed by atoms with Gasteiger partial charge in [0.25, 0.3) is 0 Å². The molecule has 0 spiro atoms. The highest BCUT2D eigenvalue weighted by atomic mass is 32.2. The molecule has 7 nitrogen and oxygen atoms in total. The molecule has 2 aromatic rings. The van der Waals surface area contributed by atoms with Gasteiger partial charge in [-0.1, -0.05) is 42.5 Å². The van der Waals surface area contributed by atoms with E-state index in [4.69, 9.17) is 9.47 Å². The molecule has 0 bridgehead atoms. The van der Waals surface area contributed by atoms with Gasteiger partial charge in [0, 0.05) is 38.1 Å². The Labute approximate surface area is 196 Å². The number of methoxy groups -OCH3 is 1. The number of hydrogen-bond acceptors (Lipinski definition) is 6. The number of sulfonamides is 1. The number of aliphatic hydroxyl groups is 1. The molecule has 0 aromatic heterocycles. The molecule has 33 heavy (non-hydrogen) atoms. The van der Waals surface area contributed by atoms with E-state index in [9.17, 15) is 13.5 Å². The van der Waals surface area contributed by atoms with Crippen LogP contribution in [-0.2, 0) is 16.4 Å². The van der Waals surface area contributed by atoms with E-state index in [1.807, 2.05) is 59.5 Å². The van der Waals surface area contributed by atoms with Gasteiger partial charge in [0.2, 0.25) is 10.0 Å². The first-order valence-corrected chi connectivity index (χ1v) is 12.5. The third-order valence-electron chi connectivity index (χ3n) is 5.43. The number of rotatable bonds is 11. The van der Waals surface area contributed by atoms with E-state index in [0.717, 1.165) is 17.5 Å². The molecule has 1 unspecified atom stereocenters. The lowest BCUT2D eigenvalue weighted by Crippen LogP contribution is -2.50. The predicted octanol–water partition coefficient (Wildman–Crippen LogP) is 2.78. The third-order valence-corrected chi connectivity index (χ3v) is 7.00. The topological polar surface area (TPSA) is 79.3 Å². The van der Waals surface area contributed by atoms with Crippen molar-refractivity contribution in [1.82, 2.24) is 9.21 Å². The maximum atomic E-state index is 12.6. The molecule has 3 rings (SSSR count). The van der Waals surface area contributed by atoms with Crippen molar-refractivity contribution in [2.45, 2.75) is 12.5 Å². The van der Waals surface area contributed by atoms with Crippen molar-refractivity contribution >= 4 is 16.1 Å². The van der Waals surface area contributed by atoms with E-state index >= 15 is 0 Å². The Morgan fingerprint density at radius 2 is 1.82 bits per heavy atom. The normalized spacial score (nSPS) is 16.5.